The molecule has 2 aromatic carbocycles. The average Bonchev–Trinajstić information content (AvgIpc) is 2.79. The minimum Gasteiger partial charge on any atom is -0.507 e. The van der Waals surface area contributed by atoms with Crippen molar-refractivity contribution in [1.82, 2.24) is 5.43 Å². The largest absolute Gasteiger partial charge is 0.507 e. The fraction of sp³-hybridized carbons (Fsp3) is 0.548. The van der Waals surface area contributed by atoms with Crippen molar-refractivity contribution in [2.24, 2.45) is 5.84 Å². The maximum atomic E-state index is 13.4. The quantitative estimate of drug-likeness (QED) is 0.115. The summed E-state index contributed by atoms with van der Waals surface area (Å²) in [5.41, 5.74) is 5.76. The molecule has 2 rings (SSSR count). The molecule has 1 amide bonds. The van der Waals surface area contributed by atoms with Crippen molar-refractivity contribution in [1.29, 1.82) is 0 Å². The third-order valence-electron chi connectivity index (χ3n) is 6.55. The second-order valence-electron chi connectivity index (χ2n) is 13.3. The molecule has 0 saturated carbocycles. The van der Waals surface area contributed by atoms with E-state index in [4.69, 9.17) is 5.84 Å². The highest BCUT2D eigenvalue weighted by molar-refractivity contribution is 8.01. The Hall–Kier alpha value is -2.16. The molecule has 1 atom stereocenters. The molecule has 2 aromatic rings. The Bertz CT molecular complexity index is 1170. The van der Waals surface area contributed by atoms with Crippen molar-refractivity contribution in [3.8, 4) is 11.5 Å². The SMILES string of the molecule is Cc1cc(SC(CC(=O)NN)C(=O)CSCc2cc(C(C)(C)C)c(O)c(C(C)(C)C)c2)cc(C(C)(C)C)c1O. The zero-order chi connectivity index (χ0) is 29.9. The van der Waals surface area contributed by atoms with Gasteiger partial charge in [-0.25, -0.2) is 5.84 Å². The summed E-state index contributed by atoms with van der Waals surface area (Å²) in [6, 6.07) is 7.81. The molecule has 6 nitrogen and oxygen atoms in total. The van der Waals surface area contributed by atoms with Gasteiger partial charge >= 0.3 is 0 Å². The van der Waals surface area contributed by atoms with Crippen LogP contribution in [0.2, 0.25) is 0 Å². The lowest BCUT2D eigenvalue weighted by Gasteiger charge is -2.28. The maximum Gasteiger partial charge on any atom is 0.235 e. The molecule has 0 radical (unpaired) electrons. The Kier molecular flexibility index (Phi) is 10.6. The molecule has 0 saturated heterocycles. The molecule has 0 aliphatic heterocycles. The molecule has 0 spiro atoms. The maximum absolute atomic E-state index is 13.4. The monoisotopic (exact) mass is 574 g/mol. The Balaban J connectivity index is 2.28. The normalized spacial score (nSPS) is 13.3. The molecule has 0 heterocycles. The van der Waals surface area contributed by atoms with Gasteiger partial charge in [0, 0.05) is 22.6 Å². The van der Waals surface area contributed by atoms with Crippen molar-refractivity contribution in [2.75, 3.05) is 5.75 Å². The van der Waals surface area contributed by atoms with Gasteiger partial charge in [-0.2, -0.15) is 0 Å². The van der Waals surface area contributed by atoms with Crippen molar-refractivity contribution < 1.29 is 19.8 Å². The summed E-state index contributed by atoms with van der Waals surface area (Å²) in [4.78, 5) is 26.4. The van der Waals surface area contributed by atoms with Crippen LogP contribution in [-0.2, 0) is 31.6 Å². The van der Waals surface area contributed by atoms with Crippen LogP contribution in [0.15, 0.2) is 29.2 Å². The van der Waals surface area contributed by atoms with Crippen LogP contribution in [0.3, 0.4) is 0 Å². The molecule has 0 aliphatic rings. The highest BCUT2D eigenvalue weighted by Crippen LogP contribution is 2.41. The summed E-state index contributed by atoms with van der Waals surface area (Å²) >= 11 is 2.83. The minimum absolute atomic E-state index is 0.0348. The van der Waals surface area contributed by atoms with Crippen LogP contribution in [0, 0.1) is 6.92 Å². The van der Waals surface area contributed by atoms with Gasteiger partial charge < -0.3 is 10.2 Å². The molecule has 1 unspecified atom stereocenters. The van der Waals surface area contributed by atoms with Gasteiger partial charge in [-0.15, -0.1) is 23.5 Å². The zero-order valence-electron chi connectivity index (χ0n) is 25.1. The number of nitrogens with two attached hydrogens (primary N) is 1. The van der Waals surface area contributed by atoms with Gasteiger partial charge in [-0.1, -0.05) is 74.4 Å². The average molecular weight is 575 g/mol. The van der Waals surface area contributed by atoms with E-state index >= 15 is 0 Å². The lowest BCUT2D eigenvalue weighted by molar-refractivity contribution is -0.124. The first kappa shape index (κ1) is 33.0. The summed E-state index contributed by atoms with van der Waals surface area (Å²) < 4.78 is 0. The molecule has 0 aromatic heterocycles. The Morgan fingerprint density at radius 1 is 0.846 bits per heavy atom. The number of carbonyl (C=O) groups is 2. The van der Waals surface area contributed by atoms with Crippen LogP contribution in [0.4, 0.5) is 0 Å². The predicted molar refractivity (Wildman–Crippen MR) is 165 cm³/mol. The van der Waals surface area contributed by atoms with Gasteiger partial charge in [0.15, 0.2) is 5.78 Å². The molecule has 0 fully saturated rings. The van der Waals surface area contributed by atoms with Gasteiger partial charge in [0.2, 0.25) is 5.91 Å². The van der Waals surface area contributed by atoms with Gasteiger partial charge in [-0.05, 0) is 57.6 Å². The second kappa shape index (κ2) is 12.6. The van der Waals surface area contributed by atoms with E-state index in [-0.39, 0.29) is 40.0 Å². The van der Waals surface area contributed by atoms with Crippen LogP contribution < -0.4 is 11.3 Å². The Morgan fingerprint density at radius 3 is 1.79 bits per heavy atom. The fourth-order valence-corrected chi connectivity index (χ4v) is 6.50. The number of ketones is 1. The van der Waals surface area contributed by atoms with Crippen LogP contribution in [0.1, 0.15) is 96.6 Å². The van der Waals surface area contributed by atoms with Crippen LogP contribution in [0.25, 0.3) is 0 Å². The standard InChI is InChI=1S/C31H46N2O4S2/c1-18-11-20(14-23(27(18)36)31(8,9)10)39-25(15-26(35)33-32)24(34)17-38-16-19-12-21(29(2,3)4)28(37)22(13-19)30(5,6)7/h11-14,25,36-37H,15-17,32H2,1-10H3,(H,33,35). The predicted octanol–water partition coefficient (Wildman–Crippen LogP) is 6.64. The summed E-state index contributed by atoms with van der Waals surface area (Å²) in [6.45, 7) is 20.4. The first-order valence-corrected chi connectivity index (χ1v) is 15.3. The van der Waals surface area contributed by atoms with Gasteiger partial charge in [0.05, 0.1) is 11.0 Å². The third-order valence-corrected chi connectivity index (χ3v) is 8.80. The van der Waals surface area contributed by atoms with Crippen molar-refractivity contribution >= 4 is 35.2 Å². The number of hydrogen-bond donors (Lipinski definition) is 4. The van der Waals surface area contributed by atoms with E-state index in [0.29, 0.717) is 11.5 Å². The number of phenols is 2. The molecule has 39 heavy (non-hydrogen) atoms. The highest BCUT2D eigenvalue weighted by Gasteiger charge is 2.28. The number of aryl methyl sites for hydroxylation is 1. The minimum atomic E-state index is -0.618. The van der Waals surface area contributed by atoms with Gasteiger partial charge in [0.1, 0.15) is 11.5 Å². The Labute approximate surface area is 242 Å². The molecule has 0 aliphatic carbocycles. The number of hydrogen-bond acceptors (Lipinski definition) is 7. The first-order valence-electron chi connectivity index (χ1n) is 13.2. The summed E-state index contributed by atoms with van der Waals surface area (Å²) in [5.74, 6) is 6.31. The number of amides is 1. The van der Waals surface area contributed by atoms with Crippen molar-refractivity contribution in [3.05, 3.63) is 52.1 Å². The smallest absolute Gasteiger partial charge is 0.235 e. The van der Waals surface area contributed by atoms with E-state index in [1.54, 1.807) is 0 Å². The number of phenolic OH excluding ortho intramolecular Hbond substituents is 2. The van der Waals surface area contributed by atoms with E-state index in [0.717, 1.165) is 32.7 Å². The molecule has 216 valence electrons. The molecule has 8 heteroatoms. The lowest BCUT2D eigenvalue weighted by atomic mass is 9.78. The van der Waals surface area contributed by atoms with Crippen LogP contribution in [0.5, 0.6) is 11.5 Å². The number of Topliss-reactive ketones (excluding diaryl/α,β-unsaturated/α-hetero) is 1. The number of aromatic hydroxyl groups is 2. The zero-order valence-corrected chi connectivity index (χ0v) is 26.7. The summed E-state index contributed by atoms with van der Waals surface area (Å²) in [5, 5.41) is 21.0. The van der Waals surface area contributed by atoms with E-state index < -0.39 is 11.2 Å². The van der Waals surface area contributed by atoms with E-state index in [2.05, 4.69) is 47.0 Å². The van der Waals surface area contributed by atoms with E-state index in [1.807, 2.05) is 52.0 Å². The fourth-order valence-electron chi connectivity index (χ4n) is 4.28. The first-order chi connectivity index (χ1) is 17.8. The van der Waals surface area contributed by atoms with Crippen LogP contribution >= 0.6 is 23.5 Å². The van der Waals surface area contributed by atoms with E-state index in [9.17, 15) is 19.8 Å². The Morgan fingerprint density at radius 2 is 1.33 bits per heavy atom. The highest BCUT2D eigenvalue weighted by atomic mass is 32.2. The van der Waals surface area contributed by atoms with E-state index in [1.165, 1.54) is 23.5 Å². The third kappa shape index (κ3) is 8.92. The molecule has 5 N–H and O–H groups in total. The topological polar surface area (TPSA) is 113 Å². The van der Waals surface area contributed by atoms with Gasteiger partial charge in [-0.3, -0.25) is 15.0 Å². The van der Waals surface area contributed by atoms with Crippen LogP contribution in [-0.4, -0.2) is 32.9 Å². The number of hydrazine groups is 1. The lowest BCUT2D eigenvalue weighted by Crippen LogP contribution is -2.34. The number of thioether (sulfide) groups is 2. The van der Waals surface area contributed by atoms with Crippen molar-refractivity contribution in [3.63, 3.8) is 0 Å². The number of rotatable bonds is 9. The summed E-state index contributed by atoms with van der Waals surface area (Å²) in [7, 11) is 0. The number of carbonyl (C=O) groups excluding carboxylic acids is 2. The molecular formula is C31H46N2O4S2. The molecular weight excluding hydrogens is 528 g/mol. The van der Waals surface area contributed by atoms with Crippen molar-refractivity contribution in [2.45, 2.75) is 108 Å². The van der Waals surface area contributed by atoms with Gasteiger partial charge in [0.25, 0.3) is 0 Å². The second-order valence-corrected chi connectivity index (χ2v) is 15.5. The summed E-state index contributed by atoms with van der Waals surface area (Å²) in [6.07, 6.45) is -0.0348. The molecule has 0 bridgehead atoms. The number of nitrogens with one attached hydrogen (secondary N) is 1. The number of benzene rings is 2.